The molecule has 2 aliphatic carbocycles. The van der Waals surface area contributed by atoms with E-state index in [1.165, 1.54) is 38.6 Å². The Bertz CT molecular complexity index is 380. The average Bonchev–Trinajstić information content (AvgIpc) is 3.16. The Labute approximate surface area is 134 Å². The lowest BCUT2D eigenvalue weighted by atomic mass is 9.67. The normalized spacial score (nSPS) is 27.4. The van der Waals surface area contributed by atoms with Gasteiger partial charge in [-0.2, -0.15) is 0 Å². The zero-order valence-electron chi connectivity index (χ0n) is 13.9. The Balaban J connectivity index is 1.33. The first-order valence-corrected chi connectivity index (χ1v) is 8.95. The van der Waals surface area contributed by atoms with Crippen molar-refractivity contribution in [3.63, 3.8) is 0 Å². The van der Waals surface area contributed by atoms with Crippen molar-refractivity contribution in [3.8, 4) is 0 Å². The van der Waals surface area contributed by atoms with Gasteiger partial charge in [-0.1, -0.05) is 6.42 Å². The van der Waals surface area contributed by atoms with E-state index in [-0.39, 0.29) is 6.03 Å². The van der Waals surface area contributed by atoms with Crippen molar-refractivity contribution < 1.29 is 9.53 Å². The van der Waals surface area contributed by atoms with Crippen molar-refractivity contribution in [2.45, 2.75) is 51.0 Å². The standard InChI is InChI=1S/C17H31N3O2/c1-22-10-8-17(6-2-7-17)13-18-16(21)19-15-5-9-20(12-15)11-14-3-4-14/h14-15H,2-13H2,1H3,(H2,18,19,21). The first-order chi connectivity index (χ1) is 10.7. The lowest BCUT2D eigenvalue weighted by Crippen LogP contribution is -2.49. The third-order valence-electron chi connectivity index (χ3n) is 5.70. The topological polar surface area (TPSA) is 53.6 Å². The van der Waals surface area contributed by atoms with Gasteiger partial charge in [0, 0.05) is 45.9 Å². The van der Waals surface area contributed by atoms with E-state index in [1.807, 2.05) is 0 Å². The second kappa shape index (κ2) is 7.18. The molecule has 1 atom stereocenters. The SMILES string of the molecule is COCCC1(CNC(=O)NC2CCN(CC3CC3)C2)CCC1. The number of likely N-dealkylation sites (tertiary alicyclic amines) is 1. The lowest BCUT2D eigenvalue weighted by molar-refractivity contribution is 0.0711. The quantitative estimate of drug-likeness (QED) is 0.721. The molecule has 0 aromatic carbocycles. The Hall–Kier alpha value is -0.810. The van der Waals surface area contributed by atoms with Crippen LogP contribution in [0, 0.1) is 11.3 Å². The monoisotopic (exact) mass is 309 g/mol. The summed E-state index contributed by atoms with van der Waals surface area (Å²) in [5, 5.41) is 6.26. The van der Waals surface area contributed by atoms with Crippen LogP contribution < -0.4 is 10.6 Å². The Morgan fingerprint density at radius 1 is 1.32 bits per heavy atom. The molecule has 2 amide bonds. The minimum Gasteiger partial charge on any atom is -0.385 e. The molecule has 1 unspecified atom stereocenters. The molecule has 0 aromatic rings. The van der Waals surface area contributed by atoms with Gasteiger partial charge in [0.2, 0.25) is 0 Å². The summed E-state index contributed by atoms with van der Waals surface area (Å²) in [4.78, 5) is 14.6. The van der Waals surface area contributed by atoms with Gasteiger partial charge in [0.15, 0.2) is 0 Å². The minimum atomic E-state index is 0.0157. The van der Waals surface area contributed by atoms with Crippen LogP contribution in [0.4, 0.5) is 4.79 Å². The molecule has 2 N–H and O–H groups in total. The molecule has 1 aliphatic heterocycles. The van der Waals surface area contributed by atoms with Gasteiger partial charge in [-0.15, -0.1) is 0 Å². The van der Waals surface area contributed by atoms with Crippen LogP contribution in [0.3, 0.4) is 0 Å². The molecule has 3 rings (SSSR count). The third kappa shape index (κ3) is 4.35. The van der Waals surface area contributed by atoms with E-state index in [0.29, 0.717) is 11.5 Å². The summed E-state index contributed by atoms with van der Waals surface area (Å²) in [7, 11) is 1.75. The highest BCUT2D eigenvalue weighted by atomic mass is 16.5. The lowest BCUT2D eigenvalue weighted by Gasteiger charge is -2.42. The number of nitrogens with one attached hydrogen (secondary N) is 2. The van der Waals surface area contributed by atoms with Crippen molar-refractivity contribution in [3.05, 3.63) is 0 Å². The van der Waals surface area contributed by atoms with Crippen LogP contribution in [0.25, 0.3) is 0 Å². The fourth-order valence-electron chi connectivity index (χ4n) is 3.80. The predicted molar refractivity (Wildman–Crippen MR) is 86.9 cm³/mol. The molecule has 0 radical (unpaired) electrons. The highest BCUT2D eigenvalue weighted by Crippen LogP contribution is 2.43. The molecule has 22 heavy (non-hydrogen) atoms. The maximum Gasteiger partial charge on any atom is 0.315 e. The number of hydrogen-bond acceptors (Lipinski definition) is 3. The van der Waals surface area contributed by atoms with Crippen LogP contribution in [0.15, 0.2) is 0 Å². The van der Waals surface area contributed by atoms with E-state index in [0.717, 1.165) is 45.0 Å². The van der Waals surface area contributed by atoms with Gasteiger partial charge in [0.25, 0.3) is 0 Å². The average molecular weight is 309 g/mol. The molecular formula is C17H31N3O2. The number of carbonyl (C=O) groups excluding carboxylic acids is 1. The van der Waals surface area contributed by atoms with Crippen molar-refractivity contribution in [2.24, 2.45) is 11.3 Å². The fraction of sp³-hybridized carbons (Fsp3) is 0.941. The van der Waals surface area contributed by atoms with Crippen LogP contribution in [0.1, 0.15) is 44.9 Å². The maximum absolute atomic E-state index is 12.1. The smallest absolute Gasteiger partial charge is 0.315 e. The third-order valence-corrected chi connectivity index (χ3v) is 5.70. The number of urea groups is 1. The molecule has 5 nitrogen and oxygen atoms in total. The molecule has 0 aromatic heterocycles. The maximum atomic E-state index is 12.1. The van der Waals surface area contributed by atoms with Crippen LogP contribution in [0.5, 0.6) is 0 Å². The molecule has 1 heterocycles. The van der Waals surface area contributed by atoms with Crippen molar-refractivity contribution in [2.75, 3.05) is 39.9 Å². The van der Waals surface area contributed by atoms with E-state index in [9.17, 15) is 4.79 Å². The second-order valence-electron chi connectivity index (χ2n) is 7.61. The van der Waals surface area contributed by atoms with Crippen molar-refractivity contribution in [1.29, 1.82) is 0 Å². The Kier molecular flexibility index (Phi) is 5.24. The van der Waals surface area contributed by atoms with Gasteiger partial charge in [-0.25, -0.2) is 4.79 Å². The Morgan fingerprint density at radius 2 is 2.14 bits per heavy atom. The van der Waals surface area contributed by atoms with E-state index in [1.54, 1.807) is 7.11 Å². The van der Waals surface area contributed by atoms with Gasteiger partial charge in [0.1, 0.15) is 0 Å². The number of ether oxygens (including phenoxy) is 1. The summed E-state index contributed by atoms with van der Waals surface area (Å²) in [6.07, 6.45) is 8.67. The number of amides is 2. The molecule has 0 bridgehead atoms. The summed E-state index contributed by atoms with van der Waals surface area (Å²) in [5.41, 5.74) is 0.293. The van der Waals surface area contributed by atoms with Crippen LogP contribution >= 0.6 is 0 Å². The zero-order chi connectivity index (χ0) is 15.4. The first kappa shape index (κ1) is 16.1. The summed E-state index contributed by atoms with van der Waals surface area (Å²) in [6.45, 7) is 4.99. The Morgan fingerprint density at radius 3 is 2.77 bits per heavy atom. The van der Waals surface area contributed by atoms with E-state index in [4.69, 9.17) is 4.74 Å². The molecule has 1 saturated heterocycles. The van der Waals surface area contributed by atoms with Crippen molar-refractivity contribution in [1.82, 2.24) is 15.5 Å². The molecule has 3 fully saturated rings. The van der Waals surface area contributed by atoms with Crippen LogP contribution in [0.2, 0.25) is 0 Å². The van der Waals surface area contributed by atoms with Crippen LogP contribution in [-0.2, 0) is 4.74 Å². The van der Waals surface area contributed by atoms with Gasteiger partial charge in [-0.3, -0.25) is 0 Å². The molecular weight excluding hydrogens is 278 g/mol. The number of rotatable bonds is 8. The largest absolute Gasteiger partial charge is 0.385 e. The van der Waals surface area contributed by atoms with Crippen LogP contribution in [-0.4, -0.2) is 56.9 Å². The first-order valence-electron chi connectivity index (χ1n) is 8.95. The molecule has 3 aliphatic rings. The van der Waals surface area contributed by atoms with E-state index in [2.05, 4.69) is 15.5 Å². The summed E-state index contributed by atoms with van der Waals surface area (Å²) >= 11 is 0. The molecule has 5 heteroatoms. The molecule has 0 spiro atoms. The van der Waals surface area contributed by atoms with E-state index < -0.39 is 0 Å². The van der Waals surface area contributed by atoms with Crippen molar-refractivity contribution >= 4 is 6.03 Å². The second-order valence-corrected chi connectivity index (χ2v) is 7.61. The molecule has 126 valence electrons. The summed E-state index contributed by atoms with van der Waals surface area (Å²) in [5.74, 6) is 0.937. The number of nitrogens with zero attached hydrogens (tertiary/aromatic N) is 1. The number of methoxy groups -OCH3 is 1. The van der Waals surface area contributed by atoms with E-state index >= 15 is 0 Å². The molecule has 2 saturated carbocycles. The fourth-order valence-corrected chi connectivity index (χ4v) is 3.80. The summed E-state index contributed by atoms with van der Waals surface area (Å²) in [6, 6.07) is 0.344. The minimum absolute atomic E-state index is 0.0157. The number of hydrogen-bond donors (Lipinski definition) is 2. The highest BCUT2D eigenvalue weighted by molar-refractivity contribution is 5.74. The zero-order valence-corrected chi connectivity index (χ0v) is 13.9. The highest BCUT2D eigenvalue weighted by Gasteiger charge is 2.37. The number of carbonyl (C=O) groups is 1. The van der Waals surface area contributed by atoms with Gasteiger partial charge < -0.3 is 20.3 Å². The summed E-state index contributed by atoms with van der Waals surface area (Å²) < 4.78 is 5.20. The predicted octanol–water partition coefficient (Wildman–Crippen LogP) is 1.98. The van der Waals surface area contributed by atoms with Gasteiger partial charge in [0.05, 0.1) is 0 Å². The van der Waals surface area contributed by atoms with Gasteiger partial charge >= 0.3 is 6.03 Å². The van der Waals surface area contributed by atoms with Gasteiger partial charge in [-0.05, 0) is 49.9 Å².